The Labute approximate surface area is 148 Å². The lowest BCUT2D eigenvalue weighted by Gasteiger charge is -2.13. The number of aromatic nitrogens is 5. The van der Waals surface area contributed by atoms with Crippen molar-refractivity contribution >= 4 is 0 Å². The van der Waals surface area contributed by atoms with Gasteiger partial charge >= 0.3 is 11.7 Å². The Morgan fingerprint density at radius 1 is 1.23 bits per heavy atom. The minimum absolute atomic E-state index is 0.0951. The molecule has 132 valence electrons. The predicted octanol–water partition coefficient (Wildman–Crippen LogP) is 2.18. The number of nitrogens with zero attached hydrogens (tertiary/aromatic N) is 4. The Kier molecular flexibility index (Phi) is 3.01. The van der Waals surface area contributed by atoms with Crippen LogP contribution in [-0.4, -0.2) is 31.3 Å². The molecule has 1 aliphatic carbocycles. The number of hydrogen-bond acceptors (Lipinski definition) is 6. The van der Waals surface area contributed by atoms with Crippen LogP contribution < -0.4 is 15.2 Å². The molecule has 1 N–H and O–H groups in total. The molecule has 0 bridgehead atoms. The van der Waals surface area contributed by atoms with E-state index in [2.05, 4.69) is 20.2 Å². The SMILES string of the molecule is Cc1ccc(Oc2ncc(-n3c(C)n[nH]c3=O)cn2)c2c1OCC21CC1. The number of H-pyrrole nitrogens is 1. The van der Waals surface area contributed by atoms with E-state index in [0.29, 0.717) is 18.1 Å². The number of rotatable bonds is 3. The molecule has 26 heavy (non-hydrogen) atoms. The number of hydrogen-bond donors (Lipinski definition) is 1. The van der Waals surface area contributed by atoms with E-state index < -0.39 is 0 Å². The highest BCUT2D eigenvalue weighted by molar-refractivity contribution is 5.59. The standard InChI is InChI=1S/C18H17N5O3/c1-10-3-4-13(14-15(10)25-9-18(14)5-6-18)26-16-19-7-12(8-20-16)23-11(2)21-22-17(23)24/h3-4,7-8H,5-6,9H2,1-2H3,(H,22,24). The van der Waals surface area contributed by atoms with Gasteiger partial charge in [0.2, 0.25) is 0 Å². The lowest BCUT2D eigenvalue weighted by molar-refractivity contribution is 0.321. The smallest absolute Gasteiger partial charge is 0.348 e. The molecule has 1 aliphatic heterocycles. The molecule has 8 nitrogen and oxygen atoms in total. The molecule has 1 aromatic carbocycles. The third-order valence-electron chi connectivity index (χ3n) is 5.11. The van der Waals surface area contributed by atoms with Crippen LogP contribution in [0.4, 0.5) is 0 Å². The number of aryl methyl sites for hydroxylation is 2. The number of benzene rings is 1. The van der Waals surface area contributed by atoms with Crippen molar-refractivity contribution in [1.82, 2.24) is 24.7 Å². The second-order valence-corrected chi connectivity index (χ2v) is 6.89. The van der Waals surface area contributed by atoms with Gasteiger partial charge in [-0.05, 0) is 38.3 Å². The van der Waals surface area contributed by atoms with Crippen LogP contribution in [0.25, 0.3) is 5.69 Å². The molecule has 0 atom stereocenters. The first-order valence-corrected chi connectivity index (χ1v) is 8.49. The summed E-state index contributed by atoms with van der Waals surface area (Å²) in [5.74, 6) is 2.21. The van der Waals surface area contributed by atoms with Crippen LogP contribution >= 0.6 is 0 Å². The topological polar surface area (TPSA) is 94.9 Å². The summed E-state index contributed by atoms with van der Waals surface area (Å²) in [7, 11) is 0. The molecule has 2 aliphatic rings. The van der Waals surface area contributed by atoms with Gasteiger partial charge in [0.1, 0.15) is 17.3 Å². The zero-order valence-electron chi connectivity index (χ0n) is 14.4. The van der Waals surface area contributed by atoms with Crippen molar-refractivity contribution in [1.29, 1.82) is 0 Å². The molecule has 2 aromatic heterocycles. The molecular weight excluding hydrogens is 334 g/mol. The molecule has 3 aromatic rings. The van der Waals surface area contributed by atoms with Crippen LogP contribution in [0.1, 0.15) is 29.8 Å². The first kappa shape index (κ1) is 15.1. The van der Waals surface area contributed by atoms with Crippen molar-refractivity contribution < 1.29 is 9.47 Å². The molecule has 0 unspecified atom stereocenters. The minimum atomic E-state index is -0.330. The summed E-state index contributed by atoms with van der Waals surface area (Å²) in [6.45, 7) is 4.49. The average Bonchev–Trinajstić information content (AvgIpc) is 3.20. The fourth-order valence-electron chi connectivity index (χ4n) is 3.53. The van der Waals surface area contributed by atoms with Gasteiger partial charge in [0.25, 0.3) is 0 Å². The third kappa shape index (κ3) is 2.15. The highest BCUT2D eigenvalue weighted by Gasteiger charge is 2.53. The van der Waals surface area contributed by atoms with Crippen molar-refractivity contribution in [3.05, 3.63) is 52.0 Å². The molecule has 0 saturated heterocycles. The van der Waals surface area contributed by atoms with Crippen molar-refractivity contribution in [2.24, 2.45) is 0 Å². The van der Waals surface area contributed by atoms with Gasteiger partial charge in [-0.15, -0.1) is 0 Å². The Bertz CT molecular complexity index is 1060. The molecule has 1 saturated carbocycles. The average molecular weight is 351 g/mol. The Balaban J connectivity index is 1.49. The highest BCUT2D eigenvalue weighted by atomic mass is 16.5. The van der Waals surface area contributed by atoms with Gasteiger partial charge in [-0.25, -0.2) is 24.4 Å². The van der Waals surface area contributed by atoms with E-state index in [4.69, 9.17) is 9.47 Å². The van der Waals surface area contributed by atoms with Crippen LogP contribution in [0.15, 0.2) is 29.3 Å². The summed E-state index contributed by atoms with van der Waals surface area (Å²) < 4.78 is 13.3. The number of fused-ring (bicyclic) bond motifs is 2. The van der Waals surface area contributed by atoms with Gasteiger partial charge in [-0.3, -0.25) is 0 Å². The van der Waals surface area contributed by atoms with Gasteiger partial charge in [0.05, 0.1) is 24.7 Å². The summed E-state index contributed by atoms with van der Waals surface area (Å²) >= 11 is 0. The molecule has 0 radical (unpaired) electrons. The van der Waals surface area contributed by atoms with Gasteiger partial charge in [0.15, 0.2) is 0 Å². The van der Waals surface area contributed by atoms with Gasteiger partial charge < -0.3 is 9.47 Å². The van der Waals surface area contributed by atoms with E-state index in [1.54, 1.807) is 19.3 Å². The number of nitrogens with one attached hydrogen (secondary N) is 1. The Morgan fingerprint density at radius 2 is 2.00 bits per heavy atom. The number of aromatic amines is 1. The lowest BCUT2D eigenvalue weighted by atomic mass is 9.95. The van der Waals surface area contributed by atoms with E-state index in [9.17, 15) is 4.79 Å². The fraction of sp³-hybridized carbons (Fsp3) is 0.333. The first-order chi connectivity index (χ1) is 12.6. The van der Waals surface area contributed by atoms with Crippen LogP contribution in [-0.2, 0) is 5.41 Å². The summed E-state index contributed by atoms with van der Waals surface area (Å²) in [5, 5.41) is 6.27. The lowest BCUT2D eigenvalue weighted by Crippen LogP contribution is -2.16. The summed E-state index contributed by atoms with van der Waals surface area (Å²) in [6.07, 6.45) is 5.32. The van der Waals surface area contributed by atoms with Crippen molar-refractivity contribution in [3.63, 3.8) is 0 Å². The summed E-state index contributed by atoms with van der Waals surface area (Å²) in [4.78, 5) is 20.3. The largest absolute Gasteiger partial charge is 0.492 e. The normalized spacial score (nSPS) is 16.4. The maximum atomic E-state index is 11.8. The molecule has 1 spiro atoms. The third-order valence-corrected chi connectivity index (χ3v) is 5.11. The van der Waals surface area contributed by atoms with Gasteiger partial charge in [0, 0.05) is 11.0 Å². The monoisotopic (exact) mass is 351 g/mol. The second-order valence-electron chi connectivity index (χ2n) is 6.89. The zero-order chi connectivity index (χ0) is 17.9. The van der Waals surface area contributed by atoms with E-state index in [1.807, 2.05) is 19.1 Å². The second kappa shape index (κ2) is 5.17. The van der Waals surface area contributed by atoms with Gasteiger partial charge in [-0.2, -0.15) is 5.10 Å². The van der Waals surface area contributed by atoms with Crippen molar-refractivity contribution in [3.8, 4) is 23.2 Å². The molecular formula is C18H17N5O3. The van der Waals surface area contributed by atoms with E-state index in [0.717, 1.165) is 35.5 Å². The van der Waals surface area contributed by atoms with Crippen LogP contribution in [0, 0.1) is 13.8 Å². The maximum absolute atomic E-state index is 11.8. The first-order valence-electron chi connectivity index (χ1n) is 8.49. The van der Waals surface area contributed by atoms with Gasteiger partial charge in [-0.1, -0.05) is 6.07 Å². The fourth-order valence-corrected chi connectivity index (χ4v) is 3.53. The van der Waals surface area contributed by atoms with Crippen molar-refractivity contribution in [2.75, 3.05) is 6.61 Å². The molecule has 5 rings (SSSR count). The Morgan fingerprint density at radius 3 is 2.65 bits per heavy atom. The van der Waals surface area contributed by atoms with Crippen LogP contribution in [0.2, 0.25) is 0 Å². The van der Waals surface area contributed by atoms with E-state index in [-0.39, 0.29) is 17.1 Å². The molecule has 1 fully saturated rings. The quantitative estimate of drug-likeness (QED) is 0.777. The van der Waals surface area contributed by atoms with Crippen LogP contribution in [0.3, 0.4) is 0 Å². The molecule has 8 heteroatoms. The van der Waals surface area contributed by atoms with Crippen molar-refractivity contribution in [2.45, 2.75) is 32.1 Å². The number of ether oxygens (including phenoxy) is 2. The summed E-state index contributed by atoms with van der Waals surface area (Å²) in [5.41, 5.74) is 2.54. The maximum Gasteiger partial charge on any atom is 0.348 e. The summed E-state index contributed by atoms with van der Waals surface area (Å²) in [6, 6.07) is 4.17. The minimum Gasteiger partial charge on any atom is -0.492 e. The van der Waals surface area contributed by atoms with E-state index >= 15 is 0 Å². The van der Waals surface area contributed by atoms with E-state index in [1.165, 1.54) is 4.57 Å². The highest BCUT2D eigenvalue weighted by Crippen LogP contribution is 2.59. The van der Waals surface area contributed by atoms with Crippen LogP contribution in [0.5, 0.6) is 17.5 Å². The predicted molar refractivity (Wildman–Crippen MR) is 92.2 cm³/mol. The zero-order valence-corrected chi connectivity index (χ0v) is 14.4. The molecule has 0 amide bonds. The Hall–Kier alpha value is -3.16. The molecule has 3 heterocycles.